The maximum Gasteiger partial charge on any atom is 0.104 e. The Morgan fingerprint density at radius 1 is 1.45 bits per heavy atom. The number of nitrogens with zero attached hydrogens (tertiary/aromatic N) is 1. The quantitative estimate of drug-likeness (QED) is 0.848. The minimum atomic E-state index is 0.385. The molecule has 1 saturated heterocycles. The van der Waals surface area contributed by atoms with Crippen LogP contribution in [0.2, 0.25) is 5.02 Å². The Hall–Kier alpha value is -0.680. The summed E-state index contributed by atoms with van der Waals surface area (Å²) in [4.78, 5) is 2.80. The molecule has 2 N–H and O–H groups in total. The zero-order valence-electron chi connectivity index (χ0n) is 11.8. The summed E-state index contributed by atoms with van der Waals surface area (Å²) in [5.41, 5.74) is 7.56. The van der Waals surface area contributed by atoms with Gasteiger partial charge in [0.05, 0.1) is 6.10 Å². The summed E-state index contributed by atoms with van der Waals surface area (Å²) in [5, 5.41) is 0.738. The van der Waals surface area contributed by atoms with Crippen molar-refractivity contribution in [3.8, 4) is 0 Å². The Balaban J connectivity index is 1.93. The fraction of sp³-hybridized carbons (Fsp3) is 0.533. The number of benzene rings is 1. The van der Waals surface area contributed by atoms with E-state index in [1.54, 1.807) is 0 Å². The number of hydrogen-bond donors (Lipinski definition) is 1. The predicted molar refractivity (Wildman–Crippen MR) is 87.3 cm³/mol. The summed E-state index contributed by atoms with van der Waals surface area (Å²) >= 11 is 11.3. The summed E-state index contributed by atoms with van der Waals surface area (Å²) in [6.45, 7) is 5.83. The molecule has 0 spiro atoms. The smallest absolute Gasteiger partial charge is 0.104 e. The van der Waals surface area contributed by atoms with Gasteiger partial charge < -0.3 is 10.5 Å². The van der Waals surface area contributed by atoms with E-state index in [9.17, 15) is 0 Å². The molecule has 0 aliphatic carbocycles. The van der Waals surface area contributed by atoms with E-state index in [2.05, 4.69) is 11.8 Å². The minimum Gasteiger partial charge on any atom is -0.389 e. The number of rotatable bonds is 5. The summed E-state index contributed by atoms with van der Waals surface area (Å²) in [5.74, 6) is 0. The van der Waals surface area contributed by atoms with Crippen LogP contribution in [0.15, 0.2) is 18.2 Å². The monoisotopic (exact) mass is 312 g/mol. The lowest BCUT2D eigenvalue weighted by Crippen LogP contribution is -2.36. The van der Waals surface area contributed by atoms with E-state index in [4.69, 9.17) is 34.3 Å². The van der Waals surface area contributed by atoms with Crippen molar-refractivity contribution in [2.24, 2.45) is 5.73 Å². The largest absolute Gasteiger partial charge is 0.389 e. The van der Waals surface area contributed by atoms with E-state index >= 15 is 0 Å². The maximum atomic E-state index is 6.30. The summed E-state index contributed by atoms with van der Waals surface area (Å²) in [7, 11) is 0. The Bertz CT molecular complexity index is 473. The lowest BCUT2D eigenvalue weighted by molar-refractivity contribution is 0.0125. The van der Waals surface area contributed by atoms with Gasteiger partial charge in [0.2, 0.25) is 0 Å². The third kappa shape index (κ3) is 4.16. The molecule has 0 atom stereocenters. The molecule has 1 aliphatic rings. The van der Waals surface area contributed by atoms with E-state index in [1.165, 1.54) is 0 Å². The molecule has 110 valence electrons. The normalized spacial score (nSPS) is 17.3. The molecular weight excluding hydrogens is 292 g/mol. The minimum absolute atomic E-state index is 0.385. The molecule has 1 fully saturated rings. The Labute approximate surface area is 131 Å². The van der Waals surface area contributed by atoms with Crippen molar-refractivity contribution < 1.29 is 4.74 Å². The Kier molecular flexibility index (Phi) is 5.78. The third-order valence-electron chi connectivity index (χ3n) is 3.67. The van der Waals surface area contributed by atoms with Gasteiger partial charge in [-0.25, -0.2) is 0 Å². The molecule has 2 rings (SSSR count). The molecule has 0 unspecified atom stereocenters. The van der Waals surface area contributed by atoms with Crippen LogP contribution in [0.25, 0.3) is 0 Å². The van der Waals surface area contributed by atoms with E-state index in [-0.39, 0.29) is 0 Å². The highest BCUT2D eigenvalue weighted by Crippen LogP contribution is 2.22. The van der Waals surface area contributed by atoms with E-state index in [1.807, 2.05) is 18.2 Å². The molecule has 20 heavy (non-hydrogen) atoms. The van der Waals surface area contributed by atoms with Gasteiger partial charge in [-0.2, -0.15) is 0 Å². The van der Waals surface area contributed by atoms with Crippen molar-refractivity contribution >= 4 is 28.8 Å². The average Bonchev–Trinajstić information content (AvgIpc) is 2.43. The van der Waals surface area contributed by atoms with Crippen molar-refractivity contribution in [2.75, 3.05) is 19.7 Å². The van der Waals surface area contributed by atoms with Crippen LogP contribution in [0, 0.1) is 0 Å². The molecule has 1 aromatic carbocycles. The average molecular weight is 313 g/mol. The number of nitrogens with two attached hydrogens (primary N) is 1. The number of hydrogen-bond acceptors (Lipinski definition) is 3. The fourth-order valence-corrected chi connectivity index (χ4v) is 2.91. The van der Waals surface area contributed by atoms with Crippen LogP contribution in [0.4, 0.5) is 0 Å². The lowest BCUT2D eigenvalue weighted by Gasteiger charge is -2.31. The van der Waals surface area contributed by atoms with Crippen molar-refractivity contribution in [1.29, 1.82) is 0 Å². The number of ether oxygens (including phenoxy) is 1. The molecule has 3 nitrogen and oxygen atoms in total. The number of piperidine rings is 1. The van der Waals surface area contributed by atoms with E-state index < -0.39 is 0 Å². The number of thiocarbonyl (C=S) groups is 1. The van der Waals surface area contributed by atoms with Crippen LogP contribution in [0.5, 0.6) is 0 Å². The first kappa shape index (κ1) is 15.7. The molecule has 1 aromatic rings. The first-order chi connectivity index (χ1) is 9.60. The highest BCUT2D eigenvalue weighted by molar-refractivity contribution is 7.80. The second-order valence-electron chi connectivity index (χ2n) is 5.10. The highest BCUT2D eigenvalue weighted by atomic mass is 35.5. The summed E-state index contributed by atoms with van der Waals surface area (Å²) < 4.78 is 5.67. The zero-order chi connectivity index (χ0) is 14.5. The summed E-state index contributed by atoms with van der Waals surface area (Å²) in [6.07, 6.45) is 2.61. The molecule has 0 bridgehead atoms. The van der Waals surface area contributed by atoms with Crippen molar-refractivity contribution in [3.05, 3.63) is 34.3 Å². The topological polar surface area (TPSA) is 38.5 Å². The molecule has 0 saturated carbocycles. The van der Waals surface area contributed by atoms with Crippen molar-refractivity contribution in [3.63, 3.8) is 0 Å². The molecule has 1 aliphatic heterocycles. The first-order valence-electron chi connectivity index (χ1n) is 7.02. The van der Waals surface area contributed by atoms with Gasteiger partial charge >= 0.3 is 0 Å². The van der Waals surface area contributed by atoms with Gasteiger partial charge in [-0.15, -0.1) is 0 Å². The molecule has 1 heterocycles. The van der Waals surface area contributed by atoms with Gasteiger partial charge in [0.25, 0.3) is 0 Å². The van der Waals surface area contributed by atoms with E-state index in [0.717, 1.165) is 55.2 Å². The van der Waals surface area contributed by atoms with Crippen LogP contribution < -0.4 is 5.73 Å². The number of halogens is 1. The first-order valence-corrected chi connectivity index (χ1v) is 7.81. The molecule has 0 radical (unpaired) electrons. The second-order valence-corrected chi connectivity index (χ2v) is 5.95. The lowest BCUT2D eigenvalue weighted by atomic mass is 10.1. The van der Waals surface area contributed by atoms with Crippen LogP contribution in [0.3, 0.4) is 0 Å². The van der Waals surface area contributed by atoms with Gasteiger partial charge in [-0.05, 0) is 31.4 Å². The second kappa shape index (κ2) is 7.36. The van der Waals surface area contributed by atoms with Crippen LogP contribution in [-0.4, -0.2) is 35.7 Å². The van der Waals surface area contributed by atoms with E-state index in [0.29, 0.717) is 11.1 Å². The van der Waals surface area contributed by atoms with Crippen molar-refractivity contribution in [2.45, 2.75) is 32.4 Å². The molecule has 0 aromatic heterocycles. The SMILES string of the molecule is CCOC1CCN(Cc2ccc(C(N)=S)cc2Cl)CC1. The third-order valence-corrected chi connectivity index (χ3v) is 4.26. The maximum absolute atomic E-state index is 6.30. The van der Waals surface area contributed by atoms with Crippen LogP contribution >= 0.6 is 23.8 Å². The zero-order valence-corrected chi connectivity index (χ0v) is 13.3. The fourth-order valence-electron chi connectivity index (χ4n) is 2.54. The standard InChI is InChI=1S/C15H21ClN2OS/c1-2-19-13-5-7-18(8-6-13)10-12-4-3-11(15(17)20)9-14(12)16/h3-4,9,13H,2,5-8,10H2,1H3,(H2,17,20). The van der Waals surface area contributed by atoms with Gasteiger partial charge in [0, 0.05) is 36.8 Å². The van der Waals surface area contributed by atoms with Gasteiger partial charge in [-0.1, -0.05) is 36.0 Å². The van der Waals surface area contributed by atoms with Crippen LogP contribution in [-0.2, 0) is 11.3 Å². The van der Waals surface area contributed by atoms with Crippen molar-refractivity contribution in [1.82, 2.24) is 4.90 Å². The highest BCUT2D eigenvalue weighted by Gasteiger charge is 2.19. The van der Waals surface area contributed by atoms with Gasteiger partial charge in [-0.3, -0.25) is 4.90 Å². The Morgan fingerprint density at radius 2 is 2.15 bits per heavy atom. The Morgan fingerprint density at radius 3 is 2.70 bits per heavy atom. The molecular formula is C15H21ClN2OS. The summed E-state index contributed by atoms with van der Waals surface area (Å²) in [6, 6.07) is 5.81. The van der Waals surface area contributed by atoms with Crippen LogP contribution in [0.1, 0.15) is 30.9 Å². The predicted octanol–water partition coefficient (Wildman–Crippen LogP) is 2.98. The van der Waals surface area contributed by atoms with Gasteiger partial charge in [0.15, 0.2) is 0 Å². The molecule has 0 amide bonds. The van der Waals surface area contributed by atoms with Gasteiger partial charge in [0.1, 0.15) is 4.99 Å². The number of likely N-dealkylation sites (tertiary alicyclic amines) is 1. The molecule has 5 heteroatoms.